The summed E-state index contributed by atoms with van der Waals surface area (Å²) in [5.41, 5.74) is 3.05. The molecular formula is C23H19ClN2O3. The number of nitrogens with one attached hydrogen (secondary N) is 1. The minimum absolute atomic E-state index is 0.00518. The van der Waals surface area contributed by atoms with Gasteiger partial charge in [0.1, 0.15) is 17.2 Å². The van der Waals surface area contributed by atoms with E-state index in [9.17, 15) is 9.90 Å². The zero-order valence-corrected chi connectivity index (χ0v) is 16.5. The van der Waals surface area contributed by atoms with E-state index in [-0.39, 0.29) is 17.6 Å². The number of phenolic OH excluding ortho intramolecular Hbond substituents is 1. The van der Waals surface area contributed by atoms with Gasteiger partial charge in [-0.25, -0.2) is 0 Å². The molecule has 3 aromatic carbocycles. The third-order valence-electron chi connectivity index (χ3n) is 5.64. The number of carbonyl (C=O) groups is 1. The SMILES string of the molecule is COc1ccc2cc(C(=O)N3C[C@@H](CCl)c4c3cc(O)c3ccccc43)[nH]c2c1. The third-order valence-corrected chi connectivity index (χ3v) is 6.01. The van der Waals surface area contributed by atoms with Crippen molar-refractivity contribution in [1.29, 1.82) is 0 Å². The number of fused-ring (bicyclic) bond motifs is 4. The van der Waals surface area contributed by atoms with Crippen LogP contribution in [0.4, 0.5) is 5.69 Å². The number of ether oxygens (including phenoxy) is 1. The molecule has 0 unspecified atom stereocenters. The summed E-state index contributed by atoms with van der Waals surface area (Å²) in [4.78, 5) is 18.3. The number of alkyl halides is 1. The molecule has 1 amide bonds. The summed E-state index contributed by atoms with van der Waals surface area (Å²) < 4.78 is 5.26. The fourth-order valence-corrected chi connectivity index (χ4v) is 4.49. The Morgan fingerprint density at radius 3 is 2.76 bits per heavy atom. The van der Waals surface area contributed by atoms with Gasteiger partial charge in [-0.15, -0.1) is 11.6 Å². The second-order valence-corrected chi connectivity index (χ2v) is 7.59. The van der Waals surface area contributed by atoms with E-state index < -0.39 is 0 Å². The van der Waals surface area contributed by atoms with Crippen LogP contribution in [0.1, 0.15) is 22.0 Å². The number of benzene rings is 3. The summed E-state index contributed by atoms with van der Waals surface area (Å²) in [6, 6.07) is 16.8. The fraction of sp³-hybridized carbons (Fsp3) is 0.174. The summed E-state index contributed by atoms with van der Waals surface area (Å²) in [5, 5.41) is 13.2. The molecule has 1 aliphatic heterocycles. The Kier molecular flexibility index (Phi) is 4.14. The van der Waals surface area contributed by atoms with Gasteiger partial charge in [0.2, 0.25) is 0 Å². The molecule has 6 heteroatoms. The molecule has 0 spiro atoms. The highest BCUT2D eigenvalue weighted by atomic mass is 35.5. The van der Waals surface area contributed by atoms with Gasteiger partial charge in [0.25, 0.3) is 5.91 Å². The van der Waals surface area contributed by atoms with Gasteiger partial charge in [-0.1, -0.05) is 24.3 Å². The first-order valence-electron chi connectivity index (χ1n) is 9.40. The van der Waals surface area contributed by atoms with Crippen molar-refractivity contribution < 1.29 is 14.6 Å². The zero-order chi connectivity index (χ0) is 20.1. The van der Waals surface area contributed by atoms with Crippen molar-refractivity contribution in [2.75, 3.05) is 24.4 Å². The number of rotatable bonds is 3. The van der Waals surface area contributed by atoms with Gasteiger partial charge in [-0.2, -0.15) is 0 Å². The van der Waals surface area contributed by atoms with Crippen LogP contribution in [0.15, 0.2) is 54.6 Å². The van der Waals surface area contributed by atoms with Crippen molar-refractivity contribution in [3.05, 3.63) is 65.9 Å². The molecule has 2 N–H and O–H groups in total. The lowest BCUT2D eigenvalue weighted by Crippen LogP contribution is -2.30. The number of H-pyrrole nitrogens is 1. The molecule has 4 aromatic rings. The van der Waals surface area contributed by atoms with Crippen LogP contribution in [0, 0.1) is 0 Å². The van der Waals surface area contributed by atoms with E-state index >= 15 is 0 Å². The molecule has 0 saturated carbocycles. The monoisotopic (exact) mass is 406 g/mol. The lowest BCUT2D eigenvalue weighted by atomic mass is 9.95. The van der Waals surface area contributed by atoms with E-state index in [2.05, 4.69) is 4.98 Å². The number of aromatic nitrogens is 1. The number of halogens is 1. The third kappa shape index (κ3) is 2.73. The molecule has 0 fully saturated rings. The molecule has 0 bridgehead atoms. The van der Waals surface area contributed by atoms with Gasteiger partial charge < -0.3 is 19.7 Å². The molecule has 146 valence electrons. The number of methoxy groups -OCH3 is 1. The summed E-state index contributed by atoms with van der Waals surface area (Å²) in [7, 11) is 1.61. The Labute approximate surface area is 172 Å². The van der Waals surface area contributed by atoms with Gasteiger partial charge in [0.05, 0.1) is 12.8 Å². The van der Waals surface area contributed by atoms with E-state index in [1.54, 1.807) is 18.1 Å². The number of anilines is 1. The highest BCUT2D eigenvalue weighted by Crippen LogP contribution is 2.45. The van der Waals surface area contributed by atoms with Crippen LogP contribution >= 0.6 is 11.6 Å². The van der Waals surface area contributed by atoms with Gasteiger partial charge >= 0.3 is 0 Å². The van der Waals surface area contributed by atoms with Crippen LogP contribution in [0.3, 0.4) is 0 Å². The molecule has 0 saturated heterocycles. The second kappa shape index (κ2) is 6.71. The Morgan fingerprint density at radius 1 is 1.21 bits per heavy atom. The number of nitrogens with zero attached hydrogens (tertiary/aromatic N) is 1. The summed E-state index contributed by atoms with van der Waals surface area (Å²) >= 11 is 6.27. The van der Waals surface area contributed by atoms with E-state index in [1.165, 1.54) is 0 Å². The second-order valence-electron chi connectivity index (χ2n) is 7.28. The molecular weight excluding hydrogens is 388 g/mol. The number of aromatic amines is 1. The lowest BCUT2D eigenvalue weighted by molar-refractivity contribution is 0.0984. The fourth-order valence-electron chi connectivity index (χ4n) is 4.24. The van der Waals surface area contributed by atoms with Crippen LogP contribution in [-0.4, -0.2) is 35.5 Å². The maximum Gasteiger partial charge on any atom is 0.274 e. The molecule has 0 radical (unpaired) electrons. The molecule has 2 heterocycles. The zero-order valence-electron chi connectivity index (χ0n) is 15.8. The van der Waals surface area contributed by atoms with Gasteiger partial charge in [0, 0.05) is 46.8 Å². The number of amides is 1. The highest BCUT2D eigenvalue weighted by Gasteiger charge is 2.35. The molecule has 1 aliphatic rings. The predicted octanol–water partition coefficient (Wildman–Crippen LogP) is 5.02. The van der Waals surface area contributed by atoms with Gasteiger partial charge in [-0.05, 0) is 29.1 Å². The maximum absolute atomic E-state index is 13.4. The van der Waals surface area contributed by atoms with E-state index in [0.29, 0.717) is 23.8 Å². The van der Waals surface area contributed by atoms with Crippen molar-refractivity contribution in [3.8, 4) is 11.5 Å². The Hall–Kier alpha value is -3.18. The van der Waals surface area contributed by atoms with Crippen LogP contribution in [0.25, 0.3) is 21.7 Å². The quantitative estimate of drug-likeness (QED) is 0.469. The molecule has 1 aromatic heterocycles. The topological polar surface area (TPSA) is 65.6 Å². The van der Waals surface area contributed by atoms with Crippen molar-refractivity contribution in [1.82, 2.24) is 4.98 Å². The van der Waals surface area contributed by atoms with E-state index in [1.807, 2.05) is 48.5 Å². The van der Waals surface area contributed by atoms with Crippen LogP contribution in [0.5, 0.6) is 11.5 Å². The number of phenols is 1. The Morgan fingerprint density at radius 2 is 2.00 bits per heavy atom. The van der Waals surface area contributed by atoms with Crippen molar-refractivity contribution in [2.45, 2.75) is 5.92 Å². The normalized spacial score (nSPS) is 15.8. The van der Waals surface area contributed by atoms with E-state index in [4.69, 9.17) is 16.3 Å². The molecule has 5 nitrogen and oxygen atoms in total. The van der Waals surface area contributed by atoms with Crippen LogP contribution in [0.2, 0.25) is 0 Å². The first-order valence-corrected chi connectivity index (χ1v) is 9.93. The number of hydrogen-bond donors (Lipinski definition) is 2. The predicted molar refractivity (Wildman–Crippen MR) is 116 cm³/mol. The highest BCUT2D eigenvalue weighted by molar-refractivity contribution is 6.19. The molecule has 29 heavy (non-hydrogen) atoms. The molecule has 5 rings (SSSR count). The van der Waals surface area contributed by atoms with Gasteiger partial charge in [-0.3, -0.25) is 4.79 Å². The number of aromatic hydroxyl groups is 1. The number of hydrogen-bond acceptors (Lipinski definition) is 3. The molecule has 0 aliphatic carbocycles. The summed E-state index contributed by atoms with van der Waals surface area (Å²) in [5.74, 6) is 1.14. The van der Waals surface area contributed by atoms with Crippen molar-refractivity contribution in [2.24, 2.45) is 0 Å². The Balaban J connectivity index is 1.62. The van der Waals surface area contributed by atoms with Crippen LogP contribution in [-0.2, 0) is 0 Å². The minimum atomic E-state index is -0.149. The molecule has 1 atom stereocenters. The maximum atomic E-state index is 13.4. The first-order chi connectivity index (χ1) is 14.1. The largest absolute Gasteiger partial charge is 0.507 e. The van der Waals surface area contributed by atoms with Gasteiger partial charge in [0.15, 0.2) is 0 Å². The average Bonchev–Trinajstić information content (AvgIpc) is 3.34. The first kappa shape index (κ1) is 17.9. The smallest absolute Gasteiger partial charge is 0.274 e. The average molecular weight is 407 g/mol. The lowest BCUT2D eigenvalue weighted by Gasteiger charge is -2.17. The number of carbonyl (C=O) groups excluding carboxylic acids is 1. The summed E-state index contributed by atoms with van der Waals surface area (Å²) in [6.07, 6.45) is 0. The summed E-state index contributed by atoms with van der Waals surface area (Å²) in [6.45, 7) is 0.476. The Bertz CT molecular complexity index is 1260. The standard InChI is InChI=1S/C23H19ClN2O3/c1-29-15-7-6-13-8-19(25-18(13)9-15)23(28)26-12-14(11-24)22-17-5-3-2-4-16(17)21(27)10-20(22)26/h2-10,14,25,27H,11-12H2,1H3/t14-/m1/s1. The van der Waals surface area contributed by atoms with Crippen molar-refractivity contribution >= 4 is 44.9 Å². The van der Waals surface area contributed by atoms with Crippen molar-refractivity contribution in [3.63, 3.8) is 0 Å². The minimum Gasteiger partial charge on any atom is -0.507 e. The van der Waals surface area contributed by atoms with E-state index in [0.717, 1.165) is 33.0 Å². The van der Waals surface area contributed by atoms with Crippen LogP contribution < -0.4 is 9.64 Å².